The number of hydrogen-bond acceptors (Lipinski definition) is 4. The van der Waals surface area contributed by atoms with Gasteiger partial charge in [-0.2, -0.15) is 5.26 Å². The van der Waals surface area contributed by atoms with Crippen LogP contribution >= 0.6 is 0 Å². The molecule has 1 rings (SSSR count). The summed E-state index contributed by atoms with van der Waals surface area (Å²) >= 11 is 0. The van der Waals surface area contributed by atoms with E-state index in [2.05, 4.69) is 5.32 Å². The summed E-state index contributed by atoms with van der Waals surface area (Å²) in [7, 11) is 1.48. The highest BCUT2D eigenvalue weighted by Crippen LogP contribution is 2.27. The van der Waals surface area contributed by atoms with Gasteiger partial charge in [0, 0.05) is 0 Å². The molecule has 1 aromatic rings. The van der Waals surface area contributed by atoms with Crippen LogP contribution in [0.5, 0.6) is 5.75 Å². The summed E-state index contributed by atoms with van der Waals surface area (Å²) < 4.78 is 10.5. The highest BCUT2D eigenvalue weighted by molar-refractivity contribution is 5.94. The lowest BCUT2D eigenvalue weighted by Crippen LogP contribution is -2.27. The van der Waals surface area contributed by atoms with Crippen molar-refractivity contribution in [2.45, 2.75) is 26.4 Å². The molecule has 5 heteroatoms. The van der Waals surface area contributed by atoms with Gasteiger partial charge in [-0.25, -0.2) is 0 Å². The SMILES string of the molecule is COc1cccc(C#N)c1NC(=O)COC(C)(C)C. The van der Waals surface area contributed by atoms with Crippen molar-refractivity contribution in [2.75, 3.05) is 19.0 Å². The van der Waals surface area contributed by atoms with E-state index in [0.717, 1.165) is 0 Å². The number of rotatable bonds is 4. The van der Waals surface area contributed by atoms with Crippen LogP contribution in [0.15, 0.2) is 18.2 Å². The number of ether oxygens (including phenoxy) is 2. The lowest BCUT2D eigenvalue weighted by molar-refractivity contribution is -0.125. The molecule has 102 valence electrons. The fraction of sp³-hybridized carbons (Fsp3) is 0.429. The van der Waals surface area contributed by atoms with Crippen LogP contribution in [0.25, 0.3) is 0 Å². The second kappa shape index (κ2) is 6.21. The van der Waals surface area contributed by atoms with Gasteiger partial charge in [-0.05, 0) is 32.9 Å². The summed E-state index contributed by atoms with van der Waals surface area (Å²) in [6.07, 6.45) is 0. The Labute approximate surface area is 113 Å². The van der Waals surface area contributed by atoms with Gasteiger partial charge in [-0.3, -0.25) is 4.79 Å². The molecule has 0 spiro atoms. The molecule has 0 aliphatic rings. The molecule has 0 aromatic heterocycles. The summed E-state index contributed by atoms with van der Waals surface area (Å²) in [5, 5.41) is 11.7. The van der Waals surface area contributed by atoms with Crippen molar-refractivity contribution in [1.29, 1.82) is 5.26 Å². The van der Waals surface area contributed by atoms with E-state index in [4.69, 9.17) is 14.7 Å². The maximum absolute atomic E-state index is 11.8. The highest BCUT2D eigenvalue weighted by atomic mass is 16.5. The Hall–Kier alpha value is -2.06. The second-order valence-corrected chi connectivity index (χ2v) is 4.94. The van der Waals surface area contributed by atoms with E-state index in [-0.39, 0.29) is 12.5 Å². The summed E-state index contributed by atoms with van der Waals surface area (Å²) in [5.41, 5.74) is 0.328. The lowest BCUT2D eigenvalue weighted by atomic mass is 10.1. The van der Waals surface area contributed by atoms with Crippen molar-refractivity contribution in [1.82, 2.24) is 0 Å². The minimum Gasteiger partial charge on any atom is -0.495 e. The molecule has 1 N–H and O–H groups in total. The Balaban J connectivity index is 2.82. The monoisotopic (exact) mass is 262 g/mol. The van der Waals surface area contributed by atoms with Crippen LogP contribution in [0, 0.1) is 11.3 Å². The van der Waals surface area contributed by atoms with Crippen molar-refractivity contribution in [3.63, 3.8) is 0 Å². The molecule has 0 saturated heterocycles. The predicted octanol–water partition coefficient (Wildman–Crippen LogP) is 2.32. The Morgan fingerprint density at radius 1 is 1.42 bits per heavy atom. The van der Waals surface area contributed by atoms with Gasteiger partial charge in [-0.15, -0.1) is 0 Å². The van der Waals surface area contributed by atoms with E-state index in [0.29, 0.717) is 17.0 Å². The van der Waals surface area contributed by atoms with Crippen LogP contribution < -0.4 is 10.1 Å². The van der Waals surface area contributed by atoms with Crippen molar-refractivity contribution >= 4 is 11.6 Å². The lowest BCUT2D eigenvalue weighted by Gasteiger charge is -2.19. The number of nitriles is 1. The molecule has 0 aliphatic carbocycles. The molecule has 0 unspecified atom stereocenters. The molecule has 0 radical (unpaired) electrons. The molecule has 1 amide bonds. The first-order valence-electron chi connectivity index (χ1n) is 5.88. The first-order chi connectivity index (χ1) is 8.87. The normalized spacial score (nSPS) is 10.7. The zero-order chi connectivity index (χ0) is 14.5. The third kappa shape index (κ3) is 4.60. The number of hydrogen-bond donors (Lipinski definition) is 1. The molecule has 0 bridgehead atoms. The molecule has 1 aromatic carbocycles. The summed E-state index contributed by atoms with van der Waals surface area (Å²) in [6, 6.07) is 7.00. The number of amides is 1. The van der Waals surface area contributed by atoms with Gasteiger partial charge in [0.15, 0.2) is 0 Å². The van der Waals surface area contributed by atoms with E-state index >= 15 is 0 Å². The Morgan fingerprint density at radius 3 is 2.63 bits per heavy atom. The molecule has 0 aliphatic heterocycles. The number of nitrogens with one attached hydrogen (secondary N) is 1. The number of methoxy groups -OCH3 is 1. The van der Waals surface area contributed by atoms with E-state index in [9.17, 15) is 4.79 Å². The molecular weight excluding hydrogens is 244 g/mol. The van der Waals surface area contributed by atoms with Crippen molar-refractivity contribution < 1.29 is 14.3 Å². The van der Waals surface area contributed by atoms with Crippen molar-refractivity contribution in [3.8, 4) is 11.8 Å². The largest absolute Gasteiger partial charge is 0.495 e. The number of carbonyl (C=O) groups excluding carboxylic acids is 1. The molecule has 19 heavy (non-hydrogen) atoms. The van der Waals surface area contributed by atoms with E-state index in [1.165, 1.54) is 7.11 Å². The predicted molar refractivity (Wildman–Crippen MR) is 72.0 cm³/mol. The Morgan fingerprint density at radius 2 is 2.11 bits per heavy atom. The maximum Gasteiger partial charge on any atom is 0.250 e. The fourth-order valence-electron chi connectivity index (χ4n) is 1.38. The number of nitrogens with zero attached hydrogens (tertiary/aromatic N) is 1. The summed E-state index contributed by atoms with van der Waals surface area (Å²) in [5.74, 6) is 0.124. The topological polar surface area (TPSA) is 71.3 Å². The van der Waals surface area contributed by atoms with Gasteiger partial charge in [0.05, 0.1) is 18.3 Å². The Kier molecular flexibility index (Phi) is 4.90. The molecule has 0 saturated carbocycles. The van der Waals surface area contributed by atoms with Crippen LogP contribution in [0.1, 0.15) is 26.3 Å². The summed E-state index contributed by atoms with van der Waals surface area (Å²) in [4.78, 5) is 11.8. The van der Waals surface area contributed by atoms with Gasteiger partial charge in [0.2, 0.25) is 0 Å². The molecular formula is C14H18N2O3. The van der Waals surface area contributed by atoms with Crippen LogP contribution in [-0.4, -0.2) is 25.2 Å². The summed E-state index contributed by atoms with van der Waals surface area (Å²) in [6.45, 7) is 5.52. The smallest absolute Gasteiger partial charge is 0.250 e. The fourth-order valence-corrected chi connectivity index (χ4v) is 1.38. The molecule has 0 fully saturated rings. The van der Waals surface area contributed by atoms with Crippen LogP contribution in [0.2, 0.25) is 0 Å². The number of anilines is 1. The quantitative estimate of drug-likeness (QED) is 0.903. The number of benzene rings is 1. The van der Waals surface area contributed by atoms with Crippen LogP contribution in [-0.2, 0) is 9.53 Å². The van der Waals surface area contributed by atoms with E-state index in [1.54, 1.807) is 18.2 Å². The zero-order valence-electron chi connectivity index (χ0n) is 11.6. The average molecular weight is 262 g/mol. The zero-order valence-corrected chi connectivity index (χ0v) is 11.6. The molecule has 0 heterocycles. The first kappa shape index (κ1) is 15.0. The molecule has 0 atom stereocenters. The van der Waals surface area contributed by atoms with Gasteiger partial charge in [-0.1, -0.05) is 6.07 Å². The third-order valence-corrected chi connectivity index (χ3v) is 2.27. The van der Waals surface area contributed by atoms with Crippen LogP contribution in [0.4, 0.5) is 5.69 Å². The van der Waals surface area contributed by atoms with Crippen molar-refractivity contribution in [2.24, 2.45) is 0 Å². The van der Waals surface area contributed by atoms with E-state index < -0.39 is 5.60 Å². The third-order valence-electron chi connectivity index (χ3n) is 2.27. The second-order valence-electron chi connectivity index (χ2n) is 4.94. The maximum atomic E-state index is 11.8. The molecule has 5 nitrogen and oxygen atoms in total. The number of carbonyl (C=O) groups is 1. The minimum atomic E-state index is -0.393. The van der Waals surface area contributed by atoms with Gasteiger partial charge < -0.3 is 14.8 Å². The standard InChI is InChI=1S/C14H18N2O3/c1-14(2,3)19-9-12(17)16-13-10(8-15)6-5-7-11(13)18-4/h5-7H,9H2,1-4H3,(H,16,17). The van der Waals surface area contributed by atoms with Gasteiger partial charge >= 0.3 is 0 Å². The van der Waals surface area contributed by atoms with Crippen molar-refractivity contribution in [3.05, 3.63) is 23.8 Å². The average Bonchev–Trinajstić information content (AvgIpc) is 2.35. The van der Waals surface area contributed by atoms with E-state index in [1.807, 2.05) is 26.8 Å². The van der Waals surface area contributed by atoms with Gasteiger partial charge in [0.25, 0.3) is 5.91 Å². The van der Waals surface area contributed by atoms with Crippen LogP contribution in [0.3, 0.4) is 0 Å². The van der Waals surface area contributed by atoms with Gasteiger partial charge in [0.1, 0.15) is 24.1 Å². The Bertz CT molecular complexity index is 498. The first-order valence-corrected chi connectivity index (χ1v) is 5.88. The highest BCUT2D eigenvalue weighted by Gasteiger charge is 2.16. The number of para-hydroxylation sites is 1. The minimum absolute atomic E-state index is 0.0770.